The number of aromatic nitrogens is 1. The average molecular weight is 361 g/mol. The Bertz CT molecular complexity index is 878. The number of nitrogens with one attached hydrogen (secondary N) is 2. The summed E-state index contributed by atoms with van der Waals surface area (Å²) in [6.45, 7) is 4.45. The summed E-state index contributed by atoms with van der Waals surface area (Å²) in [6.07, 6.45) is 1.64. The van der Waals surface area contributed by atoms with Crippen LogP contribution in [0.3, 0.4) is 0 Å². The lowest BCUT2D eigenvalue weighted by Gasteiger charge is -2.15. The van der Waals surface area contributed by atoms with E-state index in [1.54, 1.807) is 18.3 Å². The van der Waals surface area contributed by atoms with Gasteiger partial charge in [0.25, 0.3) is 5.91 Å². The summed E-state index contributed by atoms with van der Waals surface area (Å²) >= 11 is 0. The first-order valence-corrected chi connectivity index (χ1v) is 8.92. The third-order valence-electron chi connectivity index (χ3n) is 3.83. The zero-order valence-electron chi connectivity index (χ0n) is 15.5. The van der Waals surface area contributed by atoms with Crippen LogP contribution in [0.15, 0.2) is 72.9 Å². The number of rotatable bonds is 7. The van der Waals surface area contributed by atoms with E-state index in [0.717, 1.165) is 17.0 Å². The fraction of sp³-hybridized carbons (Fsp3) is 0.182. The van der Waals surface area contributed by atoms with Crippen LogP contribution in [0.1, 0.15) is 29.8 Å². The largest absolute Gasteiger partial charge is 0.489 e. The van der Waals surface area contributed by atoms with E-state index in [1.807, 2.05) is 68.4 Å². The fourth-order valence-corrected chi connectivity index (χ4v) is 2.55. The van der Waals surface area contributed by atoms with E-state index < -0.39 is 0 Å². The first kappa shape index (κ1) is 18.5. The minimum Gasteiger partial charge on any atom is -0.489 e. The van der Waals surface area contributed by atoms with Crippen molar-refractivity contribution in [3.8, 4) is 5.75 Å². The molecule has 5 heteroatoms. The average Bonchev–Trinajstić information content (AvgIpc) is 2.69. The summed E-state index contributed by atoms with van der Waals surface area (Å²) in [5.74, 6) is 1.26. The topological polar surface area (TPSA) is 63.2 Å². The second-order valence-corrected chi connectivity index (χ2v) is 6.39. The van der Waals surface area contributed by atoms with Crippen molar-refractivity contribution in [3.63, 3.8) is 0 Å². The van der Waals surface area contributed by atoms with Gasteiger partial charge in [0, 0.05) is 12.7 Å². The van der Waals surface area contributed by atoms with Crippen LogP contribution in [0.25, 0.3) is 0 Å². The molecule has 1 aromatic heterocycles. The molecule has 0 saturated heterocycles. The van der Waals surface area contributed by atoms with E-state index in [1.165, 1.54) is 0 Å². The lowest BCUT2D eigenvalue weighted by atomic mass is 10.2. The molecule has 0 fully saturated rings. The molecule has 3 aromatic rings. The van der Waals surface area contributed by atoms with Crippen LogP contribution >= 0.6 is 0 Å². The van der Waals surface area contributed by atoms with Crippen LogP contribution in [0, 0.1) is 0 Å². The standard InChI is InChI=1S/C22H23N3O2/c1-16(2)27-20-11-7-6-10-19(20)25-21-13-12-18(15-23-21)22(26)24-14-17-8-4-3-5-9-17/h3-13,15-16H,14H2,1-2H3,(H,23,25)(H,24,26). The summed E-state index contributed by atoms with van der Waals surface area (Å²) in [4.78, 5) is 16.6. The molecule has 2 aromatic carbocycles. The number of para-hydroxylation sites is 2. The third-order valence-corrected chi connectivity index (χ3v) is 3.83. The molecule has 0 bridgehead atoms. The highest BCUT2D eigenvalue weighted by Crippen LogP contribution is 2.27. The van der Waals surface area contributed by atoms with E-state index in [9.17, 15) is 4.79 Å². The lowest BCUT2D eigenvalue weighted by Crippen LogP contribution is -2.22. The highest BCUT2D eigenvalue weighted by molar-refractivity contribution is 5.94. The third kappa shape index (κ3) is 5.31. The molecular weight excluding hydrogens is 338 g/mol. The predicted molar refractivity (Wildman–Crippen MR) is 107 cm³/mol. The van der Waals surface area contributed by atoms with Crippen molar-refractivity contribution in [1.82, 2.24) is 10.3 Å². The molecule has 0 aliphatic carbocycles. The minimum absolute atomic E-state index is 0.0802. The molecule has 0 aliphatic heterocycles. The van der Waals surface area contributed by atoms with Crippen LogP contribution < -0.4 is 15.4 Å². The summed E-state index contributed by atoms with van der Waals surface area (Å²) in [5.41, 5.74) is 2.40. The highest BCUT2D eigenvalue weighted by Gasteiger charge is 2.08. The van der Waals surface area contributed by atoms with Gasteiger partial charge in [0.05, 0.1) is 17.4 Å². The van der Waals surface area contributed by atoms with Crippen molar-refractivity contribution in [2.24, 2.45) is 0 Å². The number of benzene rings is 2. The first-order valence-electron chi connectivity index (χ1n) is 8.92. The summed E-state index contributed by atoms with van der Waals surface area (Å²) < 4.78 is 5.80. The van der Waals surface area contributed by atoms with Crippen LogP contribution in [0.2, 0.25) is 0 Å². The van der Waals surface area contributed by atoms with Crippen molar-refractivity contribution in [1.29, 1.82) is 0 Å². The van der Waals surface area contributed by atoms with Crippen LogP contribution in [-0.4, -0.2) is 17.0 Å². The number of anilines is 2. The second kappa shape index (κ2) is 8.85. The Morgan fingerprint density at radius 1 is 1.00 bits per heavy atom. The highest BCUT2D eigenvalue weighted by atomic mass is 16.5. The molecule has 1 amide bonds. The Morgan fingerprint density at radius 2 is 1.74 bits per heavy atom. The summed E-state index contributed by atoms with van der Waals surface area (Å²) in [7, 11) is 0. The maximum absolute atomic E-state index is 12.3. The van der Waals surface area contributed by atoms with Gasteiger partial charge in [-0.15, -0.1) is 0 Å². The maximum atomic E-state index is 12.3. The quantitative estimate of drug-likeness (QED) is 0.648. The molecule has 0 atom stereocenters. The van der Waals surface area contributed by atoms with E-state index >= 15 is 0 Å². The smallest absolute Gasteiger partial charge is 0.253 e. The monoisotopic (exact) mass is 361 g/mol. The number of pyridine rings is 1. The molecule has 0 aliphatic rings. The number of amides is 1. The number of carbonyl (C=O) groups excluding carboxylic acids is 1. The van der Waals surface area contributed by atoms with Gasteiger partial charge < -0.3 is 15.4 Å². The van der Waals surface area contributed by atoms with Gasteiger partial charge in [-0.3, -0.25) is 4.79 Å². The maximum Gasteiger partial charge on any atom is 0.253 e. The normalized spacial score (nSPS) is 10.5. The van der Waals surface area contributed by atoms with Crippen molar-refractivity contribution < 1.29 is 9.53 Å². The van der Waals surface area contributed by atoms with Gasteiger partial charge in [0.2, 0.25) is 0 Å². The number of hydrogen-bond donors (Lipinski definition) is 2. The zero-order chi connectivity index (χ0) is 19.1. The SMILES string of the molecule is CC(C)Oc1ccccc1Nc1ccc(C(=O)NCc2ccccc2)cn1. The van der Waals surface area contributed by atoms with Gasteiger partial charge in [0.15, 0.2) is 0 Å². The van der Waals surface area contributed by atoms with Crippen LogP contribution in [0.4, 0.5) is 11.5 Å². The number of hydrogen-bond acceptors (Lipinski definition) is 4. The molecule has 1 heterocycles. The Morgan fingerprint density at radius 3 is 2.44 bits per heavy atom. The molecule has 0 unspecified atom stereocenters. The van der Waals surface area contributed by atoms with E-state index in [4.69, 9.17) is 4.74 Å². The Kier molecular flexibility index (Phi) is 6.05. The van der Waals surface area contributed by atoms with Gasteiger partial charge in [-0.2, -0.15) is 0 Å². The Balaban J connectivity index is 1.63. The zero-order valence-corrected chi connectivity index (χ0v) is 15.5. The van der Waals surface area contributed by atoms with Gasteiger partial charge >= 0.3 is 0 Å². The molecular formula is C22H23N3O2. The fourth-order valence-electron chi connectivity index (χ4n) is 2.55. The van der Waals surface area contributed by atoms with Crippen LogP contribution in [0.5, 0.6) is 5.75 Å². The summed E-state index contributed by atoms with van der Waals surface area (Å²) in [6, 6.07) is 21.0. The molecule has 0 radical (unpaired) electrons. The van der Waals surface area contributed by atoms with Gasteiger partial charge in [0.1, 0.15) is 11.6 Å². The number of nitrogens with zero attached hydrogens (tertiary/aromatic N) is 1. The van der Waals surface area contributed by atoms with Crippen molar-refractivity contribution in [3.05, 3.63) is 84.1 Å². The van der Waals surface area contributed by atoms with Gasteiger partial charge in [-0.25, -0.2) is 4.98 Å². The minimum atomic E-state index is -0.151. The van der Waals surface area contributed by atoms with E-state index in [0.29, 0.717) is 17.9 Å². The molecule has 3 rings (SSSR count). The predicted octanol–water partition coefficient (Wildman–Crippen LogP) is 4.54. The first-order chi connectivity index (χ1) is 13.1. The Hall–Kier alpha value is -3.34. The van der Waals surface area contributed by atoms with E-state index in [-0.39, 0.29) is 12.0 Å². The molecule has 2 N–H and O–H groups in total. The number of carbonyl (C=O) groups is 1. The summed E-state index contributed by atoms with van der Waals surface area (Å²) in [5, 5.41) is 6.13. The molecule has 0 spiro atoms. The van der Waals surface area contributed by atoms with Crippen molar-refractivity contribution in [2.45, 2.75) is 26.5 Å². The molecule has 27 heavy (non-hydrogen) atoms. The van der Waals surface area contributed by atoms with Crippen molar-refractivity contribution in [2.75, 3.05) is 5.32 Å². The van der Waals surface area contributed by atoms with Crippen LogP contribution in [-0.2, 0) is 6.54 Å². The lowest BCUT2D eigenvalue weighted by molar-refractivity contribution is 0.0950. The molecule has 138 valence electrons. The van der Waals surface area contributed by atoms with Crippen molar-refractivity contribution >= 4 is 17.4 Å². The van der Waals surface area contributed by atoms with E-state index in [2.05, 4.69) is 15.6 Å². The van der Waals surface area contributed by atoms with Gasteiger partial charge in [-0.05, 0) is 43.7 Å². The molecule has 0 saturated carbocycles. The Labute approximate surface area is 159 Å². The molecule has 5 nitrogen and oxygen atoms in total. The number of ether oxygens (including phenoxy) is 1. The second-order valence-electron chi connectivity index (χ2n) is 6.39. The van der Waals surface area contributed by atoms with Gasteiger partial charge in [-0.1, -0.05) is 42.5 Å².